The average Bonchev–Trinajstić information content (AvgIpc) is 3.27. The number of rotatable bonds is 6. The van der Waals surface area contributed by atoms with E-state index in [1.54, 1.807) is 24.7 Å². The van der Waals surface area contributed by atoms with Crippen LogP contribution >= 0.6 is 11.3 Å². The molecule has 5 nitrogen and oxygen atoms in total. The molecular formula is C19H20N4OS. The van der Waals surface area contributed by atoms with Crippen molar-refractivity contribution in [2.24, 2.45) is 10.1 Å². The molecular weight excluding hydrogens is 332 g/mol. The van der Waals surface area contributed by atoms with Gasteiger partial charge in [0.05, 0.1) is 31.3 Å². The summed E-state index contributed by atoms with van der Waals surface area (Å²) < 4.78 is 7.09. The van der Waals surface area contributed by atoms with Crippen molar-refractivity contribution in [3.8, 4) is 17.0 Å². The molecule has 6 heteroatoms. The summed E-state index contributed by atoms with van der Waals surface area (Å²) in [7, 11) is 1.66. The van der Waals surface area contributed by atoms with Gasteiger partial charge < -0.3 is 9.72 Å². The Bertz CT molecular complexity index is 931. The highest BCUT2D eigenvalue weighted by atomic mass is 32.1. The molecule has 0 fully saturated rings. The number of hydrogen-bond donors (Lipinski definition) is 1. The molecule has 128 valence electrons. The highest BCUT2D eigenvalue weighted by Crippen LogP contribution is 2.23. The Balaban J connectivity index is 2.04. The summed E-state index contributed by atoms with van der Waals surface area (Å²) in [4.78, 5) is 8.57. The third-order valence-corrected chi connectivity index (χ3v) is 4.34. The largest absolute Gasteiger partial charge is 0.497 e. The molecule has 0 unspecified atom stereocenters. The van der Waals surface area contributed by atoms with Gasteiger partial charge in [-0.3, -0.25) is 4.99 Å². The van der Waals surface area contributed by atoms with Crippen molar-refractivity contribution in [3.05, 3.63) is 70.6 Å². The predicted octanol–water partition coefficient (Wildman–Crippen LogP) is 3.91. The fraction of sp³-hybridized carbons (Fsp3) is 0.158. The zero-order valence-corrected chi connectivity index (χ0v) is 15.1. The third kappa shape index (κ3) is 4.16. The fourth-order valence-corrected chi connectivity index (χ4v) is 3.06. The van der Waals surface area contributed by atoms with Gasteiger partial charge in [0.25, 0.3) is 0 Å². The lowest BCUT2D eigenvalue weighted by Gasteiger charge is -2.05. The average molecular weight is 352 g/mol. The second-order valence-electron chi connectivity index (χ2n) is 5.59. The summed E-state index contributed by atoms with van der Waals surface area (Å²) in [5, 5.41) is 6.68. The highest BCUT2D eigenvalue weighted by Gasteiger charge is 2.07. The van der Waals surface area contributed by atoms with Gasteiger partial charge in [0.1, 0.15) is 5.75 Å². The smallest absolute Gasteiger partial charge is 0.206 e. The van der Waals surface area contributed by atoms with Gasteiger partial charge in [0, 0.05) is 17.1 Å². The number of hydrogen-bond acceptors (Lipinski definition) is 4. The second kappa shape index (κ2) is 7.81. The first-order chi connectivity index (χ1) is 12.2. The molecule has 0 saturated carbocycles. The maximum Gasteiger partial charge on any atom is 0.206 e. The third-order valence-electron chi connectivity index (χ3n) is 3.49. The van der Waals surface area contributed by atoms with E-state index in [1.807, 2.05) is 54.2 Å². The van der Waals surface area contributed by atoms with Crippen molar-refractivity contribution < 1.29 is 4.74 Å². The summed E-state index contributed by atoms with van der Waals surface area (Å²) in [5.74, 6) is 0.826. The first-order valence-electron chi connectivity index (χ1n) is 7.85. The number of H-pyrrole nitrogens is 1. The lowest BCUT2D eigenvalue weighted by molar-refractivity contribution is 0.415. The highest BCUT2D eigenvalue weighted by molar-refractivity contribution is 7.07. The summed E-state index contributed by atoms with van der Waals surface area (Å²) in [6.45, 7) is 6.47. The van der Waals surface area contributed by atoms with Gasteiger partial charge in [-0.2, -0.15) is 5.10 Å². The van der Waals surface area contributed by atoms with E-state index in [9.17, 15) is 0 Å². The van der Waals surface area contributed by atoms with Crippen molar-refractivity contribution in [1.82, 2.24) is 9.66 Å². The number of methoxy groups -OCH3 is 1. The van der Waals surface area contributed by atoms with Gasteiger partial charge in [-0.15, -0.1) is 11.3 Å². The van der Waals surface area contributed by atoms with Crippen molar-refractivity contribution in [1.29, 1.82) is 0 Å². The Hall–Kier alpha value is -2.86. The Morgan fingerprint density at radius 1 is 1.32 bits per heavy atom. The molecule has 0 atom stereocenters. The fourth-order valence-electron chi connectivity index (χ4n) is 2.23. The van der Waals surface area contributed by atoms with Gasteiger partial charge in [-0.25, -0.2) is 4.68 Å². The number of benzene rings is 1. The molecule has 0 aliphatic heterocycles. The molecule has 2 aromatic heterocycles. The Morgan fingerprint density at radius 2 is 2.12 bits per heavy atom. The molecule has 0 spiro atoms. The van der Waals surface area contributed by atoms with Gasteiger partial charge in [0.15, 0.2) is 0 Å². The molecule has 3 rings (SSSR count). The van der Waals surface area contributed by atoms with Crippen LogP contribution in [-0.4, -0.2) is 29.5 Å². The van der Waals surface area contributed by atoms with E-state index in [1.165, 1.54) is 0 Å². The van der Waals surface area contributed by atoms with E-state index in [0.717, 1.165) is 33.1 Å². The molecule has 1 N–H and O–H groups in total. The van der Waals surface area contributed by atoms with Gasteiger partial charge in [-0.05, 0) is 43.3 Å². The Labute approximate surface area is 150 Å². The lowest BCUT2D eigenvalue weighted by atomic mass is 10.2. The zero-order valence-electron chi connectivity index (χ0n) is 14.3. The van der Waals surface area contributed by atoms with Crippen LogP contribution < -0.4 is 9.54 Å². The van der Waals surface area contributed by atoms with Crippen LogP contribution in [-0.2, 0) is 0 Å². The van der Waals surface area contributed by atoms with Crippen molar-refractivity contribution in [2.45, 2.75) is 6.92 Å². The molecule has 0 radical (unpaired) electrons. The number of ether oxygens (including phenoxy) is 1. The van der Waals surface area contributed by atoms with E-state index in [4.69, 9.17) is 4.74 Å². The van der Waals surface area contributed by atoms with E-state index >= 15 is 0 Å². The molecule has 0 saturated heterocycles. The summed E-state index contributed by atoms with van der Waals surface area (Å²) >= 11 is 1.56. The van der Waals surface area contributed by atoms with E-state index < -0.39 is 0 Å². The zero-order chi connectivity index (χ0) is 17.6. The molecule has 25 heavy (non-hydrogen) atoms. The van der Waals surface area contributed by atoms with Crippen LogP contribution in [0.15, 0.2) is 70.2 Å². The number of nitrogens with one attached hydrogen (secondary N) is 1. The minimum Gasteiger partial charge on any atom is -0.497 e. The topological polar surface area (TPSA) is 54.7 Å². The van der Waals surface area contributed by atoms with Crippen LogP contribution in [0, 0.1) is 0 Å². The van der Waals surface area contributed by atoms with E-state index in [2.05, 4.69) is 27.0 Å². The molecule has 3 aromatic rings. The minimum atomic E-state index is 0.584. The normalized spacial score (nSPS) is 12.0. The quantitative estimate of drug-likeness (QED) is 0.531. The van der Waals surface area contributed by atoms with Crippen LogP contribution in [0.25, 0.3) is 11.3 Å². The number of thiazole rings is 1. The SMILES string of the molecule is C=C(C)CN=c1scc(-c2ccc(OC)cc2)n1N=Cc1ccc[nH]1. The van der Waals surface area contributed by atoms with Crippen LogP contribution in [0.5, 0.6) is 5.75 Å². The predicted molar refractivity (Wildman–Crippen MR) is 103 cm³/mol. The monoisotopic (exact) mass is 352 g/mol. The van der Waals surface area contributed by atoms with Crippen LogP contribution in [0.4, 0.5) is 0 Å². The molecule has 1 aromatic carbocycles. The Kier molecular flexibility index (Phi) is 5.30. The van der Waals surface area contributed by atoms with Gasteiger partial charge in [0.2, 0.25) is 4.80 Å². The maximum atomic E-state index is 5.24. The van der Waals surface area contributed by atoms with E-state index in [0.29, 0.717) is 6.54 Å². The number of nitrogens with zero attached hydrogens (tertiary/aromatic N) is 3. The molecule has 0 aliphatic rings. The number of aromatic nitrogens is 2. The first-order valence-corrected chi connectivity index (χ1v) is 8.73. The Morgan fingerprint density at radius 3 is 2.76 bits per heavy atom. The van der Waals surface area contributed by atoms with Crippen LogP contribution in [0.2, 0.25) is 0 Å². The van der Waals surface area contributed by atoms with Crippen LogP contribution in [0.1, 0.15) is 12.6 Å². The first kappa shape index (κ1) is 17.0. The van der Waals surface area contributed by atoms with E-state index in [-0.39, 0.29) is 0 Å². The molecule has 0 bridgehead atoms. The molecule has 0 amide bonds. The van der Waals surface area contributed by atoms with Gasteiger partial charge in [-0.1, -0.05) is 12.2 Å². The van der Waals surface area contributed by atoms with Crippen molar-refractivity contribution in [3.63, 3.8) is 0 Å². The molecule has 0 aliphatic carbocycles. The second-order valence-corrected chi connectivity index (χ2v) is 6.42. The minimum absolute atomic E-state index is 0.584. The summed E-state index contributed by atoms with van der Waals surface area (Å²) in [6, 6.07) is 11.8. The lowest BCUT2D eigenvalue weighted by Crippen LogP contribution is -2.13. The van der Waals surface area contributed by atoms with Gasteiger partial charge >= 0.3 is 0 Å². The van der Waals surface area contributed by atoms with Crippen molar-refractivity contribution >= 4 is 17.6 Å². The van der Waals surface area contributed by atoms with Crippen molar-refractivity contribution in [2.75, 3.05) is 13.7 Å². The standard InChI is InChI=1S/C19H20N4OS/c1-14(2)11-21-19-23(22-12-16-5-4-10-20-16)18(13-25-19)15-6-8-17(24-3)9-7-15/h4-10,12-13,20H,1,11H2,2-3H3. The summed E-state index contributed by atoms with van der Waals surface area (Å²) in [6.07, 6.45) is 3.66. The molecule has 2 heterocycles. The van der Waals surface area contributed by atoms with Crippen LogP contribution in [0.3, 0.4) is 0 Å². The summed E-state index contributed by atoms with van der Waals surface area (Å²) in [5.41, 5.74) is 3.98. The number of aromatic amines is 1. The maximum absolute atomic E-state index is 5.24.